The standard InChI is InChI=1S/C25H32N2O6/c1-30-20-14-19(15-21(16-20)31-2)25(29)27-11-8-18(9-12-27)24(28)26-10-7-17-5-6-22(32-3)23(13-17)33-4/h5-6,13-16,18H,7-12H2,1-4H3,(H,26,28). The summed E-state index contributed by atoms with van der Waals surface area (Å²) >= 11 is 0. The molecular formula is C25H32N2O6. The largest absolute Gasteiger partial charge is 0.497 e. The molecule has 0 spiro atoms. The minimum absolute atomic E-state index is 0.0330. The Labute approximate surface area is 194 Å². The SMILES string of the molecule is COc1cc(OC)cc(C(=O)N2CCC(C(=O)NCCc3ccc(OC)c(OC)c3)CC2)c1. The number of nitrogens with zero attached hydrogens (tertiary/aromatic N) is 1. The van der Waals surface area contributed by atoms with Crippen LogP contribution in [0.5, 0.6) is 23.0 Å². The minimum Gasteiger partial charge on any atom is -0.497 e. The van der Waals surface area contributed by atoms with Crippen LogP contribution in [-0.2, 0) is 11.2 Å². The molecule has 33 heavy (non-hydrogen) atoms. The number of hydrogen-bond donors (Lipinski definition) is 1. The van der Waals surface area contributed by atoms with Gasteiger partial charge in [0.2, 0.25) is 5.91 Å². The highest BCUT2D eigenvalue weighted by atomic mass is 16.5. The molecule has 0 aliphatic carbocycles. The van der Waals surface area contributed by atoms with Crippen molar-refractivity contribution in [3.05, 3.63) is 47.5 Å². The number of amides is 2. The Morgan fingerprint density at radius 1 is 0.879 bits per heavy atom. The van der Waals surface area contributed by atoms with Crippen molar-refractivity contribution in [3.8, 4) is 23.0 Å². The fraction of sp³-hybridized carbons (Fsp3) is 0.440. The zero-order valence-electron chi connectivity index (χ0n) is 19.7. The second-order valence-corrected chi connectivity index (χ2v) is 7.90. The molecule has 2 aromatic rings. The normalized spacial score (nSPS) is 13.9. The Hall–Kier alpha value is -3.42. The Kier molecular flexibility index (Phi) is 8.40. The zero-order valence-corrected chi connectivity index (χ0v) is 19.7. The van der Waals surface area contributed by atoms with Gasteiger partial charge in [-0.2, -0.15) is 0 Å². The van der Waals surface area contributed by atoms with Crippen LogP contribution in [-0.4, -0.2) is 64.8 Å². The molecule has 2 amide bonds. The van der Waals surface area contributed by atoms with Gasteiger partial charge in [-0.15, -0.1) is 0 Å². The molecule has 1 saturated heterocycles. The molecule has 1 aliphatic heterocycles. The summed E-state index contributed by atoms with van der Waals surface area (Å²) in [5.74, 6) is 2.35. The number of piperidine rings is 1. The highest BCUT2D eigenvalue weighted by molar-refractivity contribution is 5.95. The number of nitrogens with one attached hydrogen (secondary N) is 1. The van der Waals surface area contributed by atoms with Crippen LogP contribution >= 0.6 is 0 Å². The van der Waals surface area contributed by atoms with Gasteiger partial charge in [0.25, 0.3) is 5.91 Å². The van der Waals surface area contributed by atoms with E-state index in [0.29, 0.717) is 67.5 Å². The van der Waals surface area contributed by atoms with E-state index in [4.69, 9.17) is 18.9 Å². The Morgan fingerprint density at radius 3 is 2.09 bits per heavy atom. The molecule has 2 aromatic carbocycles. The number of ether oxygens (including phenoxy) is 4. The summed E-state index contributed by atoms with van der Waals surface area (Å²) in [5.41, 5.74) is 1.58. The number of benzene rings is 2. The van der Waals surface area contributed by atoms with E-state index >= 15 is 0 Å². The predicted molar refractivity (Wildman–Crippen MR) is 124 cm³/mol. The van der Waals surface area contributed by atoms with Gasteiger partial charge in [-0.25, -0.2) is 0 Å². The summed E-state index contributed by atoms with van der Waals surface area (Å²) in [6.45, 7) is 1.61. The maximum Gasteiger partial charge on any atom is 0.254 e. The summed E-state index contributed by atoms with van der Waals surface area (Å²) < 4.78 is 21.1. The van der Waals surface area contributed by atoms with Crippen molar-refractivity contribution in [3.63, 3.8) is 0 Å². The summed E-state index contributed by atoms with van der Waals surface area (Å²) in [6.07, 6.45) is 1.96. The first kappa shape index (κ1) is 24.2. The van der Waals surface area contributed by atoms with E-state index in [0.717, 1.165) is 5.56 Å². The van der Waals surface area contributed by atoms with Crippen LogP contribution < -0.4 is 24.3 Å². The summed E-state index contributed by atoms with van der Waals surface area (Å²) in [6, 6.07) is 10.9. The van der Waals surface area contributed by atoms with Crippen molar-refractivity contribution in [2.45, 2.75) is 19.3 Å². The van der Waals surface area contributed by atoms with Gasteiger partial charge in [0, 0.05) is 37.2 Å². The molecule has 1 aliphatic rings. The number of carbonyl (C=O) groups excluding carboxylic acids is 2. The average Bonchev–Trinajstić information content (AvgIpc) is 2.87. The fourth-order valence-electron chi connectivity index (χ4n) is 3.97. The minimum atomic E-state index is -0.0979. The van der Waals surface area contributed by atoms with Gasteiger partial charge in [0.15, 0.2) is 11.5 Å². The van der Waals surface area contributed by atoms with E-state index in [9.17, 15) is 9.59 Å². The molecule has 0 saturated carbocycles. The third-order valence-electron chi connectivity index (χ3n) is 5.91. The van der Waals surface area contributed by atoms with Crippen LogP contribution in [0.1, 0.15) is 28.8 Å². The number of methoxy groups -OCH3 is 4. The van der Waals surface area contributed by atoms with Gasteiger partial charge in [-0.05, 0) is 49.1 Å². The average molecular weight is 457 g/mol. The van der Waals surface area contributed by atoms with E-state index in [1.54, 1.807) is 51.5 Å². The molecule has 3 rings (SSSR count). The van der Waals surface area contributed by atoms with Gasteiger partial charge in [0.05, 0.1) is 28.4 Å². The maximum absolute atomic E-state index is 12.9. The molecule has 0 aromatic heterocycles. The lowest BCUT2D eigenvalue weighted by molar-refractivity contribution is -0.126. The van der Waals surface area contributed by atoms with E-state index in [-0.39, 0.29) is 17.7 Å². The number of carbonyl (C=O) groups is 2. The second-order valence-electron chi connectivity index (χ2n) is 7.90. The maximum atomic E-state index is 12.9. The third kappa shape index (κ3) is 6.09. The van der Waals surface area contributed by atoms with Crippen LogP contribution in [0.2, 0.25) is 0 Å². The molecule has 0 atom stereocenters. The van der Waals surface area contributed by atoms with Gasteiger partial charge in [-0.3, -0.25) is 9.59 Å². The number of likely N-dealkylation sites (tertiary alicyclic amines) is 1. The molecule has 8 nitrogen and oxygen atoms in total. The molecule has 1 heterocycles. The highest BCUT2D eigenvalue weighted by Gasteiger charge is 2.28. The first-order chi connectivity index (χ1) is 16.0. The fourth-order valence-corrected chi connectivity index (χ4v) is 3.97. The molecule has 0 bridgehead atoms. The molecule has 1 N–H and O–H groups in total. The monoisotopic (exact) mass is 456 g/mol. The van der Waals surface area contributed by atoms with Crippen molar-refractivity contribution in [2.75, 3.05) is 48.1 Å². The summed E-state index contributed by atoms with van der Waals surface area (Å²) in [4.78, 5) is 27.3. The number of rotatable bonds is 9. The van der Waals surface area contributed by atoms with Gasteiger partial charge in [0.1, 0.15) is 11.5 Å². The Balaban J connectivity index is 1.48. The van der Waals surface area contributed by atoms with Crippen LogP contribution in [0.3, 0.4) is 0 Å². The molecular weight excluding hydrogens is 424 g/mol. The molecule has 0 radical (unpaired) electrons. The smallest absolute Gasteiger partial charge is 0.254 e. The third-order valence-corrected chi connectivity index (χ3v) is 5.91. The van der Waals surface area contributed by atoms with E-state index in [2.05, 4.69) is 5.32 Å². The molecule has 8 heteroatoms. The van der Waals surface area contributed by atoms with E-state index < -0.39 is 0 Å². The molecule has 0 unspecified atom stereocenters. The van der Waals surface area contributed by atoms with Gasteiger partial charge in [-0.1, -0.05) is 6.07 Å². The first-order valence-electron chi connectivity index (χ1n) is 11.0. The topological polar surface area (TPSA) is 86.3 Å². The van der Waals surface area contributed by atoms with E-state index in [1.165, 1.54) is 0 Å². The van der Waals surface area contributed by atoms with Crippen LogP contribution in [0.4, 0.5) is 0 Å². The molecule has 1 fully saturated rings. The van der Waals surface area contributed by atoms with Crippen LogP contribution in [0.15, 0.2) is 36.4 Å². The highest BCUT2D eigenvalue weighted by Crippen LogP contribution is 2.28. The van der Waals surface area contributed by atoms with Crippen molar-refractivity contribution in [1.29, 1.82) is 0 Å². The van der Waals surface area contributed by atoms with Gasteiger partial charge < -0.3 is 29.2 Å². The summed E-state index contributed by atoms with van der Waals surface area (Å²) in [7, 11) is 6.31. The Bertz CT molecular complexity index is 947. The second kappa shape index (κ2) is 11.4. The van der Waals surface area contributed by atoms with Crippen molar-refractivity contribution in [1.82, 2.24) is 10.2 Å². The Morgan fingerprint density at radius 2 is 1.52 bits per heavy atom. The lowest BCUT2D eigenvalue weighted by atomic mass is 9.95. The number of hydrogen-bond acceptors (Lipinski definition) is 6. The molecule has 178 valence electrons. The van der Waals surface area contributed by atoms with Crippen molar-refractivity contribution in [2.24, 2.45) is 5.92 Å². The lowest BCUT2D eigenvalue weighted by Crippen LogP contribution is -2.43. The van der Waals surface area contributed by atoms with Crippen LogP contribution in [0.25, 0.3) is 0 Å². The van der Waals surface area contributed by atoms with E-state index in [1.807, 2.05) is 18.2 Å². The lowest BCUT2D eigenvalue weighted by Gasteiger charge is -2.31. The van der Waals surface area contributed by atoms with Crippen molar-refractivity contribution < 1.29 is 28.5 Å². The predicted octanol–water partition coefficient (Wildman–Crippen LogP) is 2.93. The first-order valence-corrected chi connectivity index (χ1v) is 11.0. The summed E-state index contributed by atoms with van der Waals surface area (Å²) in [5, 5.41) is 3.03. The van der Waals surface area contributed by atoms with Gasteiger partial charge >= 0.3 is 0 Å². The van der Waals surface area contributed by atoms with Crippen molar-refractivity contribution >= 4 is 11.8 Å². The van der Waals surface area contributed by atoms with Crippen LogP contribution in [0, 0.1) is 5.92 Å². The quantitative estimate of drug-likeness (QED) is 0.625. The zero-order chi connectivity index (χ0) is 23.8.